The van der Waals surface area contributed by atoms with Crippen molar-refractivity contribution in [2.24, 2.45) is 0 Å². The highest BCUT2D eigenvalue weighted by Gasteiger charge is 2.20. The maximum Gasteiger partial charge on any atom is 0.253 e. The van der Waals surface area contributed by atoms with Gasteiger partial charge in [-0.05, 0) is 11.6 Å². The largest absolute Gasteiger partial charge is 0.391 e. The van der Waals surface area contributed by atoms with Crippen LogP contribution in [0.25, 0.3) is 0 Å². The molecule has 3 N–H and O–H groups in total. The molecule has 2 atom stereocenters. The molecule has 1 unspecified atom stereocenters. The molecule has 2 aromatic rings. The van der Waals surface area contributed by atoms with Crippen LogP contribution in [0.3, 0.4) is 0 Å². The van der Waals surface area contributed by atoms with Gasteiger partial charge in [0.25, 0.3) is 5.91 Å². The van der Waals surface area contributed by atoms with Gasteiger partial charge in [0.2, 0.25) is 0 Å². The number of carbonyl (C=O) groups is 1. The number of amides is 1. The van der Waals surface area contributed by atoms with Crippen molar-refractivity contribution in [3.05, 3.63) is 70.7 Å². The minimum atomic E-state index is -1.35. The van der Waals surface area contributed by atoms with Crippen molar-refractivity contribution in [2.75, 3.05) is 6.54 Å². The fourth-order valence-electron chi connectivity index (χ4n) is 2.11. The van der Waals surface area contributed by atoms with Crippen LogP contribution in [0.5, 0.6) is 0 Å². The van der Waals surface area contributed by atoms with Crippen LogP contribution in [0.4, 0.5) is 0 Å². The van der Waals surface area contributed by atoms with Crippen molar-refractivity contribution >= 4 is 17.5 Å². The minimum absolute atomic E-state index is 0.0647. The van der Waals surface area contributed by atoms with E-state index in [-0.39, 0.29) is 6.54 Å². The first kappa shape index (κ1) is 16.5. The second-order valence-electron chi connectivity index (χ2n) is 5.01. The number of nitrogens with one attached hydrogen (secondary N) is 1. The lowest BCUT2D eigenvalue weighted by atomic mass is 10.1. The maximum atomic E-state index is 11.9. The Hall–Kier alpha value is -1.88. The molecule has 0 spiro atoms. The average molecular weight is 320 g/mol. The predicted octanol–water partition coefficient (Wildman–Crippen LogP) is 2.09. The zero-order valence-electron chi connectivity index (χ0n) is 11.9. The third-order valence-electron chi connectivity index (χ3n) is 3.27. The SMILES string of the molecule is O=C(NCC(O)Cc1ccccc1)[C@H](O)c1ccccc1Cl. The van der Waals surface area contributed by atoms with Crippen molar-refractivity contribution in [1.29, 1.82) is 0 Å². The molecular weight excluding hydrogens is 302 g/mol. The van der Waals surface area contributed by atoms with E-state index in [1.54, 1.807) is 24.3 Å². The Balaban J connectivity index is 1.86. The highest BCUT2D eigenvalue weighted by molar-refractivity contribution is 6.31. The molecule has 1 amide bonds. The van der Waals surface area contributed by atoms with E-state index in [9.17, 15) is 15.0 Å². The molecule has 0 radical (unpaired) electrons. The van der Waals surface area contributed by atoms with Crippen molar-refractivity contribution in [3.8, 4) is 0 Å². The monoisotopic (exact) mass is 319 g/mol. The Morgan fingerprint density at radius 3 is 2.36 bits per heavy atom. The molecule has 0 saturated heterocycles. The first-order valence-electron chi connectivity index (χ1n) is 7.00. The van der Waals surface area contributed by atoms with E-state index >= 15 is 0 Å². The van der Waals surface area contributed by atoms with E-state index < -0.39 is 18.1 Å². The molecule has 0 aliphatic carbocycles. The molecule has 0 aliphatic rings. The highest BCUT2D eigenvalue weighted by Crippen LogP contribution is 2.22. The summed E-state index contributed by atoms with van der Waals surface area (Å²) < 4.78 is 0. The smallest absolute Gasteiger partial charge is 0.253 e. The molecule has 5 heteroatoms. The van der Waals surface area contributed by atoms with Gasteiger partial charge in [-0.3, -0.25) is 4.79 Å². The summed E-state index contributed by atoms with van der Waals surface area (Å²) in [6, 6.07) is 16.1. The molecule has 0 heterocycles. The van der Waals surface area contributed by atoms with Gasteiger partial charge in [0.1, 0.15) is 0 Å². The van der Waals surface area contributed by atoms with Gasteiger partial charge >= 0.3 is 0 Å². The number of aliphatic hydroxyl groups is 2. The Morgan fingerprint density at radius 2 is 1.68 bits per heavy atom. The van der Waals surface area contributed by atoms with Gasteiger partial charge in [-0.2, -0.15) is 0 Å². The molecule has 0 bridgehead atoms. The summed E-state index contributed by atoms with van der Waals surface area (Å²) in [6.45, 7) is 0.0647. The molecular formula is C17H18ClNO3. The fraction of sp³-hybridized carbons (Fsp3) is 0.235. The van der Waals surface area contributed by atoms with Gasteiger partial charge in [0, 0.05) is 23.6 Å². The summed E-state index contributed by atoms with van der Waals surface area (Å²) in [5, 5.41) is 22.8. The number of benzene rings is 2. The van der Waals surface area contributed by atoms with Crippen LogP contribution in [-0.2, 0) is 11.2 Å². The normalized spacial score (nSPS) is 13.4. The molecule has 116 valence electrons. The third-order valence-corrected chi connectivity index (χ3v) is 3.62. The lowest BCUT2D eigenvalue weighted by Gasteiger charge is -2.15. The third kappa shape index (κ3) is 4.56. The summed E-state index contributed by atoms with van der Waals surface area (Å²) >= 11 is 5.94. The molecule has 0 fully saturated rings. The first-order chi connectivity index (χ1) is 10.6. The predicted molar refractivity (Wildman–Crippen MR) is 85.6 cm³/mol. The van der Waals surface area contributed by atoms with E-state index in [4.69, 9.17) is 11.6 Å². The molecule has 2 aromatic carbocycles. The Morgan fingerprint density at radius 1 is 1.05 bits per heavy atom. The molecule has 22 heavy (non-hydrogen) atoms. The Bertz CT molecular complexity index is 618. The highest BCUT2D eigenvalue weighted by atomic mass is 35.5. The quantitative estimate of drug-likeness (QED) is 0.763. The van der Waals surface area contributed by atoms with Crippen LogP contribution in [0.2, 0.25) is 5.02 Å². The number of rotatable bonds is 6. The van der Waals surface area contributed by atoms with E-state index in [0.717, 1.165) is 5.56 Å². The fourth-order valence-corrected chi connectivity index (χ4v) is 2.35. The number of hydrogen-bond acceptors (Lipinski definition) is 3. The van der Waals surface area contributed by atoms with E-state index in [2.05, 4.69) is 5.32 Å². The van der Waals surface area contributed by atoms with Crippen molar-refractivity contribution < 1.29 is 15.0 Å². The summed E-state index contributed by atoms with van der Waals surface area (Å²) in [7, 11) is 0. The van der Waals surface area contributed by atoms with Crippen LogP contribution < -0.4 is 5.32 Å². The van der Waals surface area contributed by atoms with Crippen molar-refractivity contribution in [2.45, 2.75) is 18.6 Å². The Kier molecular flexibility index (Phi) is 5.95. The summed E-state index contributed by atoms with van der Waals surface area (Å²) in [6.07, 6.45) is -1.63. The summed E-state index contributed by atoms with van der Waals surface area (Å²) in [5.74, 6) is -0.583. The number of aliphatic hydroxyl groups excluding tert-OH is 2. The average Bonchev–Trinajstić information content (AvgIpc) is 2.53. The summed E-state index contributed by atoms with van der Waals surface area (Å²) in [5.41, 5.74) is 1.33. The van der Waals surface area contributed by atoms with E-state index in [1.165, 1.54) is 0 Å². The van der Waals surface area contributed by atoms with E-state index in [1.807, 2.05) is 30.3 Å². The number of halogens is 1. The van der Waals surface area contributed by atoms with Gasteiger partial charge in [-0.15, -0.1) is 0 Å². The molecule has 0 aliphatic heterocycles. The molecule has 0 aromatic heterocycles. The standard InChI is InChI=1S/C17H18ClNO3/c18-15-9-5-4-8-14(15)16(21)17(22)19-11-13(20)10-12-6-2-1-3-7-12/h1-9,13,16,20-21H,10-11H2,(H,19,22)/t13?,16-/m1/s1. The maximum absolute atomic E-state index is 11.9. The van der Waals surface area contributed by atoms with Crippen molar-refractivity contribution in [1.82, 2.24) is 5.32 Å². The van der Waals surface area contributed by atoms with Crippen LogP contribution in [0.1, 0.15) is 17.2 Å². The lowest BCUT2D eigenvalue weighted by molar-refractivity contribution is -0.130. The van der Waals surface area contributed by atoms with Crippen LogP contribution >= 0.6 is 11.6 Å². The van der Waals surface area contributed by atoms with Gasteiger partial charge in [-0.25, -0.2) is 0 Å². The second kappa shape index (κ2) is 7.94. The topological polar surface area (TPSA) is 69.6 Å². The second-order valence-corrected chi connectivity index (χ2v) is 5.42. The van der Waals surface area contributed by atoms with Crippen LogP contribution in [-0.4, -0.2) is 28.8 Å². The first-order valence-corrected chi connectivity index (χ1v) is 7.38. The van der Waals surface area contributed by atoms with Crippen molar-refractivity contribution in [3.63, 3.8) is 0 Å². The van der Waals surface area contributed by atoms with Gasteiger partial charge in [0.15, 0.2) is 6.10 Å². The number of hydrogen-bond donors (Lipinski definition) is 3. The molecule has 4 nitrogen and oxygen atoms in total. The Labute approximate surface area is 134 Å². The zero-order chi connectivity index (χ0) is 15.9. The summed E-state index contributed by atoms with van der Waals surface area (Å²) in [4.78, 5) is 11.9. The van der Waals surface area contributed by atoms with Crippen LogP contribution in [0.15, 0.2) is 54.6 Å². The van der Waals surface area contributed by atoms with E-state index in [0.29, 0.717) is 17.0 Å². The minimum Gasteiger partial charge on any atom is -0.391 e. The molecule has 0 saturated carbocycles. The zero-order valence-corrected chi connectivity index (χ0v) is 12.7. The lowest BCUT2D eigenvalue weighted by Crippen LogP contribution is -2.36. The van der Waals surface area contributed by atoms with Gasteiger partial charge < -0.3 is 15.5 Å². The number of carbonyl (C=O) groups excluding carboxylic acids is 1. The van der Waals surface area contributed by atoms with Crippen LogP contribution in [0, 0.1) is 0 Å². The van der Waals surface area contributed by atoms with Gasteiger partial charge in [0.05, 0.1) is 6.10 Å². The van der Waals surface area contributed by atoms with Gasteiger partial charge in [-0.1, -0.05) is 60.1 Å². The molecule has 2 rings (SSSR count).